The van der Waals surface area contributed by atoms with Crippen LogP contribution in [-0.2, 0) is 17.6 Å². The van der Waals surface area contributed by atoms with Crippen molar-refractivity contribution >= 4 is 5.97 Å². The van der Waals surface area contributed by atoms with Crippen LogP contribution in [0.25, 0.3) is 0 Å². The highest BCUT2D eigenvalue weighted by Gasteiger charge is 2.20. The number of benzene rings is 2. The van der Waals surface area contributed by atoms with Crippen molar-refractivity contribution in [3.63, 3.8) is 0 Å². The van der Waals surface area contributed by atoms with Crippen molar-refractivity contribution in [2.45, 2.75) is 31.6 Å². The Morgan fingerprint density at radius 2 is 1.87 bits per heavy atom. The molecule has 0 saturated carbocycles. The van der Waals surface area contributed by atoms with E-state index in [9.17, 15) is 14.3 Å². The Balaban J connectivity index is 1.61. The highest BCUT2D eigenvalue weighted by Crippen LogP contribution is 2.27. The van der Waals surface area contributed by atoms with E-state index in [1.807, 2.05) is 6.07 Å². The Morgan fingerprint density at radius 3 is 2.61 bits per heavy atom. The zero-order valence-corrected chi connectivity index (χ0v) is 12.8. The first kappa shape index (κ1) is 15.5. The molecule has 0 fully saturated rings. The quantitative estimate of drug-likeness (QED) is 0.878. The first-order valence-electron chi connectivity index (χ1n) is 7.86. The number of halogens is 1. The molecule has 1 aliphatic carbocycles. The molecular weight excluding hydrogens is 295 g/mol. The van der Waals surface area contributed by atoms with Gasteiger partial charge < -0.3 is 9.84 Å². The normalized spacial score (nSPS) is 14.3. The number of fused-ring (bicyclic) bond motifs is 1. The van der Waals surface area contributed by atoms with Crippen LogP contribution in [0.2, 0.25) is 0 Å². The number of carboxylic acid groups (broad SMARTS) is 1. The predicted molar refractivity (Wildman–Crippen MR) is 85.4 cm³/mol. The zero-order chi connectivity index (χ0) is 16.2. The molecule has 2 aromatic rings. The van der Waals surface area contributed by atoms with Gasteiger partial charge in [0, 0.05) is 0 Å². The standard InChI is InChI=1S/C19H19FO3/c20-16-7-4-14(5-8-16)18(19(21)22)10-11-23-17-9-6-13-2-1-3-15(13)12-17/h4-9,12,18H,1-3,10-11H2,(H,21,22). The van der Waals surface area contributed by atoms with Crippen molar-refractivity contribution in [1.29, 1.82) is 0 Å². The summed E-state index contributed by atoms with van der Waals surface area (Å²) in [7, 11) is 0. The molecular formula is C19H19FO3. The number of ether oxygens (including phenoxy) is 1. The van der Waals surface area contributed by atoms with Crippen LogP contribution in [-0.4, -0.2) is 17.7 Å². The summed E-state index contributed by atoms with van der Waals surface area (Å²) in [6, 6.07) is 11.7. The van der Waals surface area contributed by atoms with Crippen LogP contribution >= 0.6 is 0 Å². The monoisotopic (exact) mass is 314 g/mol. The van der Waals surface area contributed by atoms with Gasteiger partial charge >= 0.3 is 5.97 Å². The molecule has 1 aliphatic rings. The second kappa shape index (κ2) is 6.82. The van der Waals surface area contributed by atoms with Crippen LogP contribution in [0, 0.1) is 5.82 Å². The van der Waals surface area contributed by atoms with Gasteiger partial charge in [0.25, 0.3) is 0 Å². The van der Waals surface area contributed by atoms with E-state index in [4.69, 9.17) is 4.74 Å². The molecule has 0 bridgehead atoms. The third kappa shape index (κ3) is 3.70. The van der Waals surface area contributed by atoms with Gasteiger partial charge in [0.15, 0.2) is 0 Å². The van der Waals surface area contributed by atoms with E-state index >= 15 is 0 Å². The smallest absolute Gasteiger partial charge is 0.311 e. The third-order valence-electron chi connectivity index (χ3n) is 4.32. The Hall–Kier alpha value is -2.36. The minimum atomic E-state index is -0.922. The summed E-state index contributed by atoms with van der Waals surface area (Å²) >= 11 is 0. The lowest BCUT2D eigenvalue weighted by Gasteiger charge is -2.14. The zero-order valence-electron chi connectivity index (χ0n) is 12.8. The number of carboxylic acids is 1. The SMILES string of the molecule is O=C(O)C(CCOc1ccc2c(c1)CCC2)c1ccc(F)cc1. The van der Waals surface area contributed by atoms with Crippen molar-refractivity contribution in [2.24, 2.45) is 0 Å². The van der Waals surface area contributed by atoms with Crippen molar-refractivity contribution in [2.75, 3.05) is 6.61 Å². The minimum Gasteiger partial charge on any atom is -0.494 e. The highest BCUT2D eigenvalue weighted by molar-refractivity contribution is 5.76. The molecule has 0 saturated heterocycles. The first-order valence-corrected chi connectivity index (χ1v) is 7.86. The van der Waals surface area contributed by atoms with Gasteiger partial charge in [-0.3, -0.25) is 4.79 Å². The molecule has 0 radical (unpaired) electrons. The van der Waals surface area contributed by atoms with Gasteiger partial charge in [-0.15, -0.1) is 0 Å². The maximum Gasteiger partial charge on any atom is 0.311 e. The van der Waals surface area contributed by atoms with Crippen LogP contribution in [0.1, 0.15) is 35.4 Å². The van der Waals surface area contributed by atoms with E-state index < -0.39 is 11.9 Å². The lowest BCUT2D eigenvalue weighted by atomic mass is 9.96. The van der Waals surface area contributed by atoms with Crippen molar-refractivity contribution in [1.82, 2.24) is 0 Å². The van der Waals surface area contributed by atoms with Crippen molar-refractivity contribution in [3.8, 4) is 5.75 Å². The van der Waals surface area contributed by atoms with Gasteiger partial charge in [-0.05, 0) is 66.6 Å². The lowest BCUT2D eigenvalue weighted by molar-refractivity contribution is -0.139. The van der Waals surface area contributed by atoms with E-state index in [-0.39, 0.29) is 5.82 Å². The van der Waals surface area contributed by atoms with E-state index in [1.165, 1.54) is 41.8 Å². The number of hydrogen-bond acceptors (Lipinski definition) is 2. The van der Waals surface area contributed by atoms with E-state index in [0.29, 0.717) is 18.6 Å². The summed E-state index contributed by atoms with van der Waals surface area (Å²) in [4.78, 5) is 11.4. The average molecular weight is 314 g/mol. The Morgan fingerprint density at radius 1 is 1.13 bits per heavy atom. The molecule has 120 valence electrons. The first-order chi connectivity index (χ1) is 11.1. The Bertz CT molecular complexity index is 694. The molecule has 1 N–H and O–H groups in total. The summed E-state index contributed by atoms with van der Waals surface area (Å²) in [5.74, 6) is -1.19. The highest BCUT2D eigenvalue weighted by atomic mass is 19.1. The van der Waals surface area contributed by atoms with Gasteiger partial charge in [0.05, 0.1) is 12.5 Å². The molecule has 1 unspecified atom stereocenters. The topological polar surface area (TPSA) is 46.5 Å². The third-order valence-corrected chi connectivity index (χ3v) is 4.32. The minimum absolute atomic E-state index is 0.313. The van der Waals surface area contributed by atoms with Crippen LogP contribution in [0.5, 0.6) is 5.75 Å². The number of carbonyl (C=O) groups is 1. The number of rotatable bonds is 6. The van der Waals surface area contributed by atoms with Gasteiger partial charge in [0.1, 0.15) is 11.6 Å². The summed E-state index contributed by atoms with van der Waals surface area (Å²) < 4.78 is 18.7. The Labute approximate surface area is 134 Å². The van der Waals surface area contributed by atoms with Gasteiger partial charge in [0.2, 0.25) is 0 Å². The number of hydrogen-bond donors (Lipinski definition) is 1. The molecule has 2 aromatic carbocycles. The second-order valence-electron chi connectivity index (χ2n) is 5.86. The summed E-state index contributed by atoms with van der Waals surface area (Å²) in [5.41, 5.74) is 3.30. The summed E-state index contributed by atoms with van der Waals surface area (Å²) in [6.07, 6.45) is 3.74. The molecule has 0 aromatic heterocycles. The van der Waals surface area contributed by atoms with Crippen LogP contribution in [0.4, 0.5) is 4.39 Å². The molecule has 0 amide bonds. The Kier molecular flexibility index (Phi) is 4.60. The van der Waals surface area contributed by atoms with Gasteiger partial charge in [-0.2, -0.15) is 0 Å². The maximum atomic E-state index is 13.0. The lowest BCUT2D eigenvalue weighted by Crippen LogP contribution is -2.15. The number of aryl methyl sites for hydroxylation is 2. The van der Waals surface area contributed by atoms with Crippen LogP contribution in [0.3, 0.4) is 0 Å². The molecule has 3 nitrogen and oxygen atoms in total. The van der Waals surface area contributed by atoms with Crippen LogP contribution in [0.15, 0.2) is 42.5 Å². The van der Waals surface area contributed by atoms with E-state index in [0.717, 1.165) is 18.6 Å². The van der Waals surface area contributed by atoms with Crippen molar-refractivity contribution < 1.29 is 19.0 Å². The van der Waals surface area contributed by atoms with E-state index in [2.05, 4.69) is 12.1 Å². The van der Waals surface area contributed by atoms with Gasteiger partial charge in [-0.25, -0.2) is 4.39 Å². The molecule has 0 heterocycles. The second-order valence-corrected chi connectivity index (χ2v) is 5.86. The molecule has 3 rings (SSSR count). The largest absolute Gasteiger partial charge is 0.494 e. The molecule has 1 atom stereocenters. The fourth-order valence-corrected chi connectivity index (χ4v) is 3.06. The van der Waals surface area contributed by atoms with Gasteiger partial charge in [-0.1, -0.05) is 18.2 Å². The average Bonchev–Trinajstić information content (AvgIpc) is 3.00. The maximum absolute atomic E-state index is 13.0. The summed E-state index contributed by atoms with van der Waals surface area (Å²) in [6.45, 7) is 0.313. The fourth-order valence-electron chi connectivity index (χ4n) is 3.06. The molecule has 0 aliphatic heterocycles. The fraction of sp³-hybridized carbons (Fsp3) is 0.316. The molecule has 23 heavy (non-hydrogen) atoms. The molecule has 0 spiro atoms. The predicted octanol–water partition coefficient (Wildman–Crippen LogP) is 3.95. The number of aliphatic carboxylic acids is 1. The van der Waals surface area contributed by atoms with Crippen LogP contribution < -0.4 is 4.74 Å². The van der Waals surface area contributed by atoms with E-state index in [1.54, 1.807) is 0 Å². The molecule has 4 heteroatoms. The van der Waals surface area contributed by atoms with Crippen molar-refractivity contribution in [3.05, 3.63) is 65.0 Å². The summed E-state index contributed by atoms with van der Waals surface area (Å²) in [5, 5.41) is 9.37.